The maximum absolute atomic E-state index is 13.5. The van der Waals surface area contributed by atoms with E-state index in [1.165, 1.54) is 16.3 Å². The normalized spacial score (nSPS) is 15.2. The molecule has 5 heteroatoms. The molecule has 0 radical (unpaired) electrons. The van der Waals surface area contributed by atoms with E-state index in [4.69, 9.17) is 0 Å². The van der Waals surface area contributed by atoms with Crippen molar-refractivity contribution in [3.8, 4) is 0 Å². The topological polar surface area (TPSA) is 50.3 Å². The van der Waals surface area contributed by atoms with Crippen LogP contribution in [0.25, 0.3) is 0 Å². The summed E-state index contributed by atoms with van der Waals surface area (Å²) < 4.78 is 28.4. The molecule has 0 amide bonds. The third-order valence-corrected chi connectivity index (χ3v) is 7.26. The number of pyridine rings is 1. The van der Waals surface area contributed by atoms with E-state index in [-0.39, 0.29) is 0 Å². The average Bonchev–Trinajstić information content (AvgIpc) is 2.75. The number of nitrogens with zero attached hydrogens (tertiary/aromatic N) is 2. The molecule has 4 rings (SSSR count). The first-order chi connectivity index (χ1) is 13.6. The van der Waals surface area contributed by atoms with Crippen LogP contribution in [0, 0.1) is 0 Å². The fourth-order valence-corrected chi connectivity index (χ4v) is 5.29. The highest BCUT2D eigenvalue weighted by Crippen LogP contribution is 2.32. The number of rotatable bonds is 5. The molecule has 1 aliphatic rings. The summed E-state index contributed by atoms with van der Waals surface area (Å²) in [6.45, 7) is 0. The lowest BCUT2D eigenvalue weighted by molar-refractivity contribution is 0.411. The molecule has 0 saturated carbocycles. The molecular weight excluding hydrogens is 368 g/mol. The van der Waals surface area contributed by atoms with Crippen LogP contribution in [0.1, 0.15) is 41.3 Å². The van der Waals surface area contributed by atoms with Crippen LogP contribution in [0.2, 0.25) is 0 Å². The molecule has 0 N–H and O–H groups in total. The van der Waals surface area contributed by atoms with E-state index in [1.807, 2.05) is 60.7 Å². The number of hydrogen-bond donors (Lipinski definition) is 0. The van der Waals surface area contributed by atoms with Crippen molar-refractivity contribution in [1.29, 1.82) is 0 Å². The Morgan fingerprint density at radius 1 is 0.893 bits per heavy atom. The molecule has 1 atom stereocenters. The highest BCUT2D eigenvalue weighted by Gasteiger charge is 2.31. The second kappa shape index (κ2) is 7.86. The van der Waals surface area contributed by atoms with Crippen molar-refractivity contribution >= 4 is 10.0 Å². The highest BCUT2D eigenvalue weighted by atomic mass is 32.2. The molecule has 3 aromatic rings. The third kappa shape index (κ3) is 3.60. The number of hydrogen-bond acceptors (Lipinski definition) is 3. The van der Waals surface area contributed by atoms with E-state index in [9.17, 15) is 8.42 Å². The fraction of sp³-hybridized carbons (Fsp3) is 0.261. The van der Waals surface area contributed by atoms with Crippen LogP contribution >= 0.6 is 0 Å². The third-order valence-electron chi connectivity index (χ3n) is 5.44. The van der Waals surface area contributed by atoms with Crippen LogP contribution in [0.5, 0.6) is 0 Å². The van der Waals surface area contributed by atoms with Gasteiger partial charge in [0.15, 0.2) is 0 Å². The molecule has 2 aromatic carbocycles. The number of benzene rings is 2. The van der Waals surface area contributed by atoms with Crippen LogP contribution in [-0.4, -0.2) is 24.8 Å². The minimum atomic E-state index is -3.67. The number of sulfonamides is 1. The van der Waals surface area contributed by atoms with E-state index in [2.05, 4.69) is 4.98 Å². The van der Waals surface area contributed by atoms with Gasteiger partial charge < -0.3 is 0 Å². The molecule has 0 unspecified atom stereocenters. The van der Waals surface area contributed by atoms with E-state index < -0.39 is 16.1 Å². The molecule has 1 aromatic heterocycles. The van der Waals surface area contributed by atoms with E-state index in [0.29, 0.717) is 10.6 Å². The zero-order valence-electron chi connectivity index (χ0n) is 16.0. The van der Waals surface area contributed by atoms with Gasteiger partial charge in [-0.2, -0.15) is 4.31 Å². The fourth-order valence-electron chi connectivity index (χ4n) is 3.92. The van der Waals surface area contributed by atoms with Crippen molar-refractivity contribution in [2.75, 3.05) is 7.05 Å². The Labute approximate surface area is 166 Å². The summed E-state index contributed by atoms with van der Waals surface area (Å²) in [5.41, 5.74) is 4.04. The van der Waals surface area contributed by atoms with Gasteiger partial charge in [-0.15, -0.1) is 0 Å². The summed E-state index contributed by atoms with van der Waals surface area (Å²) >= 11 is 0. The molecular formula is C23H24N2O2S. The molecule has 1 aliphatic carbocycles. The number of aromatic nitrogens is 1. The quantitative estimate of drug-likeness (QED) is 0.648. The molecule has 0 saturated heterocycles. The maximum Gasteiger partial charge on any atom is 0.243 e. The summed E-state index contributed by atoms with van der Waals surface area (Å²) in [5.74, 6) is 0. The van der Waals surface area contributed by atoms with E-state index in [1.54, 1.807) is 19.3 Å². The lowest BCUT2D eigenvalue weighted by Crippen LogP contribution is -2.32. The largest absolute Gasteiger partial charge is 0.259 e. The minimum absolute atomic E-state index is 0.354. The van der Waals surface area contributed by atoms with Gasteiger partial charge >= 0.3 is 0 Å². The monoisotopic (exact) mass is 392 g/mol. The Hall–Kier alpha value is -2.50. The smallest absolute Gasteiger partial charge is 0.243 e. The summed E-state index contributed by atoms with van der Waals surface area (Å²) in [6.07, 6.45) is 5.98. The second-order valence-corrected chi connectivity index (χ2v) is 9.22. The zero-order chi connectivity index (χ0) is 19.6. The first-order valence-corrected chi connectivity index (χ1v) is 11.1. The predicted octanol–water partition coefficient (Wildman–Crippen LogP) is 4.37. The minimum Gasteiger partial charge on any atom is -0.259 e. The van der Waals surface area contributed by atoms with Gasteiger partial charge in [0.2, 0.25) is 10.0 Å². The first-order valence-electron chi connectivity index (χ1n) is 9.63. The van der Waals surface area contributed by atoms with Crippen LogP contribution < -0.4 is 0 Å². The Morgan fingerprint density at radius 2 is 1.61 bits per heavy atom. The molecule has 1 heterocycles. The summed E-state index contributed by atoms with van der Waals surface area (Å²) in [6, 6.07) is 20.4. The first kappa shape index (κ1) is 18.8. The Bertz CT molecular complexity index is 1010. The average molecular weight is 393 g/mol. The summed E-state index contributed by atoms with van der Waals surface area (Å²) in [7, 11) is -2.03. The van der Waals surface area contributed by atoms with Gasteiger partial charge in [0.25, 0.3) is 0 Å². The van der Waals surface area contributed by atoms with Crippen molar-refractivity contribution in [3.63, 3.8) is 0 Å². The van der Waals surface area contributed by atoms with Crippen molar-refractivity contribution in [1.82, 2.24) is 9.29 Å². The van der Waals surface area contributed by atoms with Gasteiger partial charge in [0.05, 0.1) is 16.6 Å². The Morgan fingerprint density at radius 3 is 2.32 bits per heavy atom. The Balaban J connectivity index is 1.77. The predicted molar refractivity (Wildman–Crippen MR) is 111 cm³/mol. The molecule has 0 bridgehead atoms. The highest BCUT2D eigenvalue weighted by molar-refractivity contribution is 7.89. The number of aryl methyl sites for hydroxylation is 2. The van der Waals surface area contributed by atoms with Gasteiger partial charge in [-0.3, -0.25) is 4.98 Å². The zero-order valence-corrected chi connectivity index (χ0v) is 16.8. The van der Waals surface area contributed by atoms with Crippen molar-refractivity contribution in [2.24, 2.45) is 0 Å². The lowest BCUT2D eigenvalue weighted by Gasteiger charge is -2.28. The SMILES string of the molecule is CN([C@H](c1ccccc1)c1ccccn1)S(=O)(=O)c1ccc2c(c1)CCCC2. The molecule has 0 fully saturated rings. The van der Waals surface area contributed by atoms with Crippen LogP contribution in [-0.2, 0) is 22.9 Å². The van der Waals surface area contributed by atoms with Crippen molar-refractivity contribution in [2.45, 2.75) is 36.6 Å². The van der Waals surface area contributed by atoms with E-state index in [0.717, 1.165) is 30.4 Å². The summed E-state index contributed by atoms with van der Waals surface area (Å²) in [5, 5.41) is 0. The lowest BCUT2D eigenvalue weighted by atomic mass is 9.92. The molecule has 0 spiro atoms. The van der Waals surface area contributed by atoms with Gasteiger partial charge in [0.1, 0.15) is 0 Å². The Kier molecular flexibility index (Phi) is 5.29. The summed E-state index contributed by atoms with van der Waals surface area (Å²) in [4.78, 5) is 4.80. The molecule has 4 nitrogen and oxygen atoms in total. The molecule has 0 aliphatic heterocycles. The van der Waals surface area contributed by atoms with Crippen LogP contribution in [0.3, 0.4) is 0 Å². The van der Waals surface area contributed by atoms with Gasteiger partial charge in [-0.25, -0.2) is 8.42 Å². The van der Waals surface area contributed by atoms with Crippen LogP contribution in [0.15, 0.2) is 77.8 Å². The second-order valence-electron chi connectivity index (χ2n) is 7.23. The van der Waals surface area contributed by atoms with Crippen molar-refractivity contribution in [3.05, 3.63) is 95.3 Å². The molecule has 144 valence electrons. The van der Waals surface area contributed by atoms with Gasteiger partial charge in [-0.05, 0) is 66.6 Å². The van der Waals surface area contributed by atoms with Gasteiger partial charge in [0, 0.05) is 13.2 Å². The van der Waals surface area contributed by atoms with Crippen molar-refractivity contribution < 1.29 is 8.42 Å². The van der Waals surface area contributed by atoms with Crippen LogP contribution in [0.4, 0.5) is 0 Å². The standard InChI is InChI=1S/C23H24N2O2S/c1-25(23(19-10-3-2-4-11-19)22-13-7-8-16-24-22)28(26,27)21-15-14-18-9-5-6-12-20(18)17-21/h2-4,7-8,10-11,13-17,23H,5-6,9,12H2,1H3/t23-/m1/s1. The van der Waals surface area contributed by atoms with E-state index >= 15 is 0 Å². The van der Waals surface area contributed by atoms with Gasteiger partial charge in [-0.1, -0.05) is 42.5 Å². The number of fused-ring (bicyclic) bond motifs is 1. The molecule has 28 heavy (non-hydrogen) atoms. The maximum atomic E-state index is 13.5.